The van der Waals surface area contributed by atoms with Gasteiger partial charge in [-0.3, -0.25) is 5.10 Å². The van der Waals surface area contributed by atoms with Crippen LogP contribution in [0.3, 0.4) is 0 Å². The van der Waals surface area contributed by atoms with Gasteiger partial charge in [0.25, 0.3) is 0 Å². The lowest BCUT2D eigenvalue weighted by Crippen LogP contribution is -1.98. The summed E-state index contributed by atoms with van der Waals surface area (Å²) in [5.74, 6) is 0.784. The van der Waals surface area contributed by atoms with Gasteiger partial charge in [-0.25, -0.2) is 15.0 Å². The number of rotatable bonds is 5. The van der Waals surface area contributed by atoms with Gasteiger partial charge in [0, 0.05) is 22.7 Å². The standard InChI is InChI=1S/C23H17N5O/c1-2-4-21-16(3-1)5-8-18(27-21)14-29-19-9-6-17(7-10-19)23-20(13-26-28-23)22-11-12-24-15-25-22/h1-13,15H,14H2,(H,26,28). The first-order valence-electron chi connectivity index (χ1n) is 9.24. The van der Waals surface area contributed by atoms with Crippen LogP contribution in [0.5, 0.6) is 5.75 Å². The van der Waals surface area contributed by atoms with Crippen LogP contribution in [0.25, 0.3) is 33.4 Å². The van der Waals surface area contributed by atoms with E-state index in [9.17, 15) is 0 Å². The minimum Gasteiger partial charge on any atom is -0.487 e. The van der Waals surface area contributed by atoms with Crippen molar-refractivity contribution in [1.82, 2.24) is 25.1 Å². The molecule has 6 nitrogen and oxygen atoms in total. The van der Waals surface area contributed by atoms with Gasteiger partial charge >= 0.3 is 0 Å². The molecule has 0 spiro atoms. The monoisotopic (exact) mass is 379 g/mol. The third kappa shape index (κ3) is 3.55. The van der Waals surface area contributed by atoms with E-state index in [2.05, 4.69) is 37.3 Å². The SMILES string of the molecule is c1ccc2nc(COc3ccc(-c4[nH]ncc4-c4ccncn4)cc3)ccc2c1. The molecule has 0 unspecified atom stereocenters. The third-order valence-electron chi connectivity index (χ3n) is 4.68. The molecule has 0 aliphatic heterocycles. The molecule has 0 radical (unpaired) electrons. The number of H-pyrrole nitrogens is 1. The summed E-state index contributed by atoms with van der Waals surface area (Å²) in [6.45, 7) is 0.417. The van der Waals surface area contributed by atoms with E-state index in [1.807, 2.05) is 54.6 Å². The molecule has 5 aromatic rings. The Bertz CT molecular complexity index is 1250. The van der Waals surface area contributed by atoms with Gasteiger partial charge in [0.05, 0.1) is 28.8 Å². The molecule has 0 saturated heterocycles. The van der Waals surface area contributed by atoms with E-state index in [1.54, 1.807) is 12.4 Å². The Balaban J connectivity index is 1.32. The first-order valence-corrected chi connectivity index (χ1v) is 9.24. The third-order valence-corrected chi connectivity index (χ3v) is 4.68. The number of pyridine rings is 1. The largest absolute Gasteiger partial charge is 0.487 e. The number of nitrogens with zero attached hydrogens (tertiary/aromatic N) is 4. The zero-order valence-corrected chi connectivity index (χ0v) is 15.5. The summed E-state index contributed by atoms with van der Waals surface area (Å²) in [5.41, 5.74) is 5.54. The molecular formula is C23H17N5O. The van der Waals surface area contributed by atoms with E-state index in [-0.39, 0.29) is 0 Å². The molecule has 5 rings (SSSR count). The fourth-order valence-corrected chi connectivity index (χ4v) is 3.21. The number of ether oxygens (including phenoxy) is 1. The highest BCUT2D eigenvalue weighted by Gasteiger charge is 2.11. The predicted molar refractivity (Wildman–Crippen MR) is 111 cm³/mol. The molecule has 0 aliphatic rings. The first-order chi connectivity index (χ1) is 14.4. The van der Waals surface area contributed by atoms with Gasteiger partial charge in [0.1, 0.15) is 18.7 Å². The van der Waals surface area contributed by atoms with Gasteiger partial charge in [-0.15, -0.1) is 0 Å². The molecule has 3 aromatic heterocycles. The van der Waals surface area contributed by atoms with Crippen LogP contribution >= 0.6 is 0 Å². The molecule has 0 bridgehead atoms. The molecule has 29 heavy (non-hydrogen) atoms. The molecule has 2 aromatic carbocycles. The summed E-state index contributed by atoms with van der Waals surface area (Å²) >= 11 is 0. The second-order valence-electron chi connectivity index (χ2n) is 6.56. The normalized spacial score (nSPS) is 10.9. The van der Waals surface area contributed by atoms with E-state index in [0.717, 1.165) is 44.9 Å². The van der Waals surface area contributed by atoms with Crippen LogP contribution < -0.4 is 4.74 Å². The van der Waals surface area contributed by atoms with Crippen molar-refractivity contribution in [3.05, 3.63) is 91.1 Å². The predicted octanol–water partition coefficient (Wildman–Crippen LogP) is 4.66. The Labute approximate surface area is 167 Å². The highest BCUT2D eigenvalue weighted by molar-refractivity contribution is 5.79. The summed E-state index contributed by atoms with van der Waals surface area (Å²) in [7, 11) is 0. The second-order valence-corrected chi connectivity index (χ2v) is 6.56. The second kappa shape index (κ2) is 7.52. The summed E-state index contributed by atoms with van der Waals surface area (Å²) < 4.78 is 5.92. The fourth-order valence-electron chi connectivity index (χ4n) is 3.21. The number of fused-ring (bicyclic) bond motifs is 1. The summed E-state index contributed by atoms with van der Waals surface area (Å²) in [4.78, 5) is 12.9. The topological polar surface area (TPSA) is 76.6 Å². The maximum absolute atomic E-state index is 5.92. The molecular weight excluding hydrogens is 362 g/mol. The number of aromatic amines is 1. The minimum absolute atomic E-state index is 0.417. The van der Waals surface area contributed by atoms with Gasteiger partial charge in [-0.1, -0.05) is 24.3 Å². The van der Waals surface area contributed by atoms with Crippen molar-refractivity contribution in [3.63, 3.8) is 0 Å². The molecule has 0 aliphatic carbocycles. The summed E-state index contributed by atoms with van der Waals surface area (Å²) in [6, 6.07) is 21.9. The summed E-state index contributed by atoms with van der Waals surface area (Å²) in [5, 5.41) is 8.35. The molecule has 1 N–H and O–H groups in total. The van der Waals surface area contributed by atoms with Crippen molar-refractivity contribution in [2.75, 3.05) is 0 Å². The van der Waals surface area contributed by atoms with Crippen molar-refractivity contribution in [2.45, 2.75) is 6.61 Å². The number of para-hydroxylation sites is 1. The number of aromatic nitrogens is 5. The van der Waals surface area contributed by atoms with Crippen molar-refractivity contribution in [2.24, 2.45) is 0 Å². The van der Waals surface area contributed by atoms with Crippen molar-refractivity contribution in [1.29, 1.82) is 0 Å². The molecule has 140 valence electrons. The van der Waals surface area contributed by atoms with Gasteiger partial charge in [0.15, 0.2) is 0 Å². The molecule has 0 atom stereocenters. The Morgan fingerprint density at radius 1 is 0.897 bits per heavy atom. The van der Waals surface area contributed by atoms with Crippen LogP contribution in [0.15, 0.2) is 85.5 Å². The quantitative estimate of drug-likeness (QED) is 0.481. The van der Waals surface area contributed by atoms with E-state index >= 15 is 0 Å². The Kier molecular flexibility index (Phi) is 4.42. The van der Waals surface area contributed by atoms with Gasteiger partial charge in [-0.05, 0) is 42.5 Å². The van der Waals surface area contributed by atoms with Crippen LogP contribution in [0.2, 0.25) is 0 Å². The van der Waals surface area contributed by atoms with E-state index in [4.69, 9.17) is 4.74 Å². The molecule has 3 heterocycles. The summed E-state index contributed by atoms with van der Waals surface area (Å²) in [6.07, 6.45) is 5.02. The minimum atomic E-state index is 0.417. The molecule has 0 amide bonds. The highest BCUT2D eigenvalue weighted by Crippen LogP contribution is 2.29. The van der Waals surface area contributed by atoms with E-state index < -0.39 is 0 Å². The molecule has 0 saturated carbocycles. The number of nitrogens with one attached hydrogen (secondary N) is 1. The lowest BCUT2D eigenvalue weighted by Gasteiger charge is -2.08. The van der Waals surface area contributed by atoms with Gasteiger partial charge in [0.2, 0.25) is 0 Å². The van der Waals surface area contributed by atoms with Gasteiger partial charge < -0.3 is 4.74 Å². The van der Waals surface area contributed by atoms with Crippen LogP contribution in [-0.2, 0) is 6.61 Å². The van der Waals surface area contributed by atoms with E-state index in [0.29, 0.717) is 6.61 Å². The fraction of sp³-hybridized carbons (Fsp3) is 0.0435. The van der Waals surface area contributed by atoms with Crippen molar-refractivity contribution in [3.8, 4) is 28.3 Å². The Morgan fingerprint density at radius 3 is 2.66 bits per heavy atom. The van der Waals surface area contributed by atoms with Crippen LogP contribution in [0.1, 0.15) is 5.69 Å². The lowest BCUT2D eigenvalue weighted by atomic mass is 10.1. The maximum Gasteiger partial charge on any atom is 0.130 e. The average molecular weight is 379 g/mol. The average Bonchev–Trinajstić information content (AvgIpc) is 3.28. The van der Waals surface area contributed by atoms with Crippen LogP contribution in [-0.4, -0.2) is 25.1 Å². The van der Waals surface area contributed by atoms with Crippen molar-refractivity contribution < 1.29 is 4.74 Å². The zero-order valence-electron chi connectivity index (χ0n) is 15.5. The van der Waals surface area contributed by atoms with Crippen LogP contribution in [0.4, 0.5) is 0 Å². The van der Waals surface area contributed by atoms with E-state index in [1.165, 1.54) is 6.33 Å². The number of benzene rings is 2. The van der Waals surface area contributed by atoms with Gasteiger partial charge in [-0.2, -0.15) is 5.10 Å². The number of hydrogen-bond donors (Lipinski definition) is 1. The zero-order chi connectivity index (χ0) is 19.5. The number of hydrogen-bond acceptors (Lipinski definition) is 5. The highest BCUT2D eigenvalue weighted by atomic mass is 16.5. The van der Waals surface area contributed by atoms with Crippen LogP contribution in [0, 0.1) is 0 Å². The molecule has 6 heteroatoms. The van der Waals surface area contributed by atoms with Crippen molar-refractivity contribution >= 4 is 10.9 Å². The first kappa shape index (κ1) is 17.1. The molecule has 0 fully saturated rings. The Morgan fingerprint density at radius 2 is 1.79 bits per heavy atom. The smallest absolute Gasteiger partial charge is 0.130 e. The Hall–Kier alpha value is -4.06. The maximum atomic E-state index is 5.92. The lowest BCUT2D eigenvalue weighted by molar-refractivity contribution is 0.302.